The first-order valence-corrected chi connectivity index (χ1v) is 10.4. The SMILES string of the molecule is COc1cccc(CN2CC=C3C(C#N)=C(N)C(C#N)(C#N)C(c4ccccc4)C3C2)c1. The molecule has 0 aromatic heterocycles. The van der Waals surface area contributed by atoms with Gasteiger partial charge in [-0.3, -0.25) is 4.90 Å². The summed E-state index contributed by atoms with van der Waals surface area (Å²) < 4.78 is 5.34. The second-order valence-corrected chi connectivity index (χ2v) is 8.13. The van der Waals surface area contributed by atoms with Crippen LogP contribution in [0, 0.1) is 45.3 Å². The number of hydrogen-bond acceptors (Lipinski definition) is 6. The van der Waals surface area contributed by atoms with Gasteiger partial charge in [-0.05, 0) is 28.8 Å². The molecule has 0 saturated heterocycles. The molecule has 2 aliphatic rings. The summed E-state index contributed by atoms with van der Waals surface area (Å²) in [5, 5.41) is 30.2. The van der Waals surface area contributed by atoms with Crippen molar-refractivity contribution in [2.45, 2.75) is 12.5 Å². The molecular formula is C26H23N5O. The highest BCUT2D eigenvalue weighted by atomic mass is 16.5. The van der Waals surface area contributed by atoms with E-state index in [2.05, 4.69) is 23.1 Å². The Bertz CT molecular complexity index is 1200. The molecular weight excluding hydrogens is 398 g/mol. The Morgan fingerprint density at radius 3 is 2.50 bits per heavy atom. The Morgan fingerprint density at radius 2 is 1.84 bits per heavy atom. The van der Waals surface area contributed by atoms with Crippen LogP contribution in [0.5, 0.6) is 5.75 Å². The molecule has 2 unspecified atom stereocenters. The van der Waals surface area contributed by atoms with Crippen molar-refractivity contribution >= 4 is 0 Å². The summed E-state index contributed by atoms with van der Waals surface area (Å²) in [5.74, 6) is 0.110. The number of allylic oxidation sites excluding steroid dienone is 2. The molecule has 1 aliphatic heterocycles. The minimum Gasteiger partial charge on any atom is -0.497 e. The minimum absolute atomic E-state index is 0.0580. The molecule has 2 aromatic rings. The number of ether oxygens (including phenoxy) is 1. The molecule has 2 aromatic carbocycles. The average Bonchev–Trinajstić information content (AvgIpc) is 2.84. The van der Waals surface area contributed by atoms with Gasteiger partial charge in [0, 0.05) is 31.5 Å². The standard InChI is InChI=1S/C26H23N5O/c1-32-20-9-5-6-18(12-20)14-31-11-10-21-22(13-27)25(30)26(16-28,17-29)24(23(21)15-31)19-7-3-2-4-8-19/h2-10,12,23-24H,11,14-15,30H2,1H3. The first-order chi connectivity index (χ1) is 15.6. The molecule has 6 heteroatoms. The van der Waals surface area contributed by atoms with E-state index >= 15 is 0 Å². The molecule has 158 valence electrons. The highest BCUT2D eigenvalue weighted by molar-refractivity contribution is 5.59. The first kappa shape index (κ1) is 21.2. The van der Waals surface area contributed by atoms with Crippen LogP contribution in [0.1, 0.15) is 17.0 Å². The number of methoxy groups -OCH3 is 1. The maximum absolute atomic E-state index is 10.2. The van der Waals surface area contributed by atoms with Crippen LogP contribution in [-0.2, 0) is 6.54 Å². The van der Waals surface area contributed by atoms with Crippen LogP contribution in [0.25, 0.3) is 0 Å². The summed E-state index contributed by atoms with van der Waals surface area (Å²) in [6.07, 6.45) is 2.02. The van der Waals surface area contributed by atoms with Gasteiger partial charge in [-0.25, -0.2) is 0 Å². The van der Waals surface area contributed by atoms with Crippen molar-refractivity contribution in [3.05, 3.63) is 88.6 Å². The molecule has 1 aliphatic carbocycles. The van der Waals surface area contributed by atoms with E-state index in [4.69, 9.17) is 10.5 Å². The Morgan fingerprint density at radius 1 is 1.09 bits per heavy atom. The minimum atomic E-state index is -1.60. The van der Waals surface area contributed by atoms with E-state index in [-0.39, 0.29) is 17.2 Å². The topological polar surface area (TPSA) is 110 Å². The maximum Gasteiger partial charge on any atom is 0.191 e. The van der Waals surface area contributed by atoms with Crippen molar-refractivity contribution in [2.75, 3.05) is 20.2 Å². The van der Waals surface area contributed by atoms with Crippen LogP contribution in [-0.4, -0.2) is 25.1 Å². The van der Waals surface area contributed by atoms with Crippen LogP contribution in [0.3, 0.4) is 0 Å². The highest BCUT2D eigenvalue weighted by Crippen LogP contribution is 2.54. The van der Waals surface area contributed by atoms with Crippen LogP contribution in [0.2, 0.25) is 0 Å². The normalized spacial score (nSPS) is 22.0. The molecule has 1 heterocycles. The lowest BCUT2D eigenvalue weighted by molar-refractivity contribution is 0.201. The molecule has 0 saturated carbocycles. The third-order valence-electron chi connectivity index (χ3n) is 6.44. The molecule has 2 N–H and O–H groups in total. The second kappa shape index (κ2) is 8.60. The summed E-state index contributed by atoms with van der Waals surface area (Å²) in [6, 6.07) is 24.0. The summed E-state index contributed by atoms with van der Waals surface area (Å²) in [5.41, 5.74) is 7.89. The fraction of sp³-hybridized carbons (Fsp3) is 0.269. The Kier molecular flexibility index (Phi) is 5.69. The number of nitrogens with zero attached hydrogens (tertiary/aromatic N) is 4. The van der Waals surface area contributed by atoms with E-state index in [1.165, 1.54) is 0 Å². The van der Waals surface area contributed by atoms with E-state index in [0.717, 1.165) is 22.4 Å². The number of nitriles is 3. The zero-order valence-corrected chi connectivity index (χ0v) is 17.8. The van der Waals surface area contributed by atoms with Gasteiger partial charge < -0.3 is 10.5 Å². The number of rotatable bonds is 4. The fourth-order valence-corrected chi connectivity index (χ4v) is 4.93. The predicted octanol–water partition coefficient (Wildman–Crippen LogP) is 3.62. The van der Waals surface area contributed by atoms with Gasteiger partial charge in [-0.2, -0.15) is 15.8 Å². The number of hydrogen-bond donors (Lipinski definition) is 1. The number of benzene rings is 2. The van der Waals surface area contributed by atoms with Crippen molar-refractivity contribution in [2.24, 2.45) is 17.1 Å². The van der Waals surface area contributed by atoms with Crippen molar-refractivity contribution in [3.8, 4) is 24.0 Å². The van der Waals surface area contributed by atoms with Gasteiger partial charge in [0.15, 0.2) is 5.41 Å². The van der Waals surface area contributed by atoms with Crippen molar-refractivity contribution in [1.82, 2.24) is 4.90 Å². The fourth-order valence-electron chi connectivity index (χ4n) is 4.93. The monoisotopic (exact) mass is 421 g/mol. The highest BCUT2D eigenvalue weighted by Gasteiger charge is 2.54. The van der Waals surface area contributed by atoms with Gasteiger partial charge in [0.25, 0.3) is 0 Å². The summed E-state index contributed by atoms with van der Waals surface area (Å²) in [7, 11) is 1.64. The van der Waals surface area contributed by atoms with Crippen LogP contribution >= 0.6 is 0 Å². The van der Waals surface area contributed by atoms with Crippen LogP contribution in [0.15, 0.2) is 77.5 Å². The van der Waals surface area contributed by atoms with Gasteiger partial charge in [0.2, 0.25) is 0 Å². The molecule has 0 fully saturated rings. The maximum atomic E-state index is 10.2. The van der Waals surface area contributed by atoms with E-state index in [1.807, 2.05) is 60.7 Å². The predicted molar refractivity (Wildman–Crippen MR) is 120 cm³/mol. The van der Waals surface area contributed by atoms with Gasteiger partial charge >= 0.3 is 0 Å². The summed E-state index contributed by atoms with van der Waals surface area (Å²) in [6.45, 7) is 1.94. The molecule has 0 amide bonds. The van der Waals surface area contributed by atoms with Gasteiger partial charge in [-0.15, -0.1) is 0 Å². The molecule has 4 rings (SSSR count). The Balaban J connectivity index is 1.79. The van der Waals surface area contributed by atoms with Crippen LogP contribution in [0.4, 0.5) is 0 Å². The number of fused-ring (bicyclic) bond motifs is 1. The van der Waals surface area contributed by atoms with Gasteiger partial charge in [0.05, 0.1) is 30.5 Å². The van der Waals surface area contributed by atoms with E-state index < -0.39 is 11.3 Å². The quantitative estimate of drug-likeness (QED) is 0.807. The molecule has 0 bridgehead atoms. The summed E-state index contributed by atoms with van der Waals surface area (Å²) in [4.78, 5) is 2.26. The van der Waals surface area contributed by atoms with Gasteiger partial charge in [-0.1, -0.05) is 48.5 Å². The van der Waals surface area contributed by atoms with E-state index in [1.54, 1.807) is 7.11 Å². The molecule has 2 atom stereocenters. The smallest absolute Gasteiger partial charge is 0.191 e. The van der Waals surface area contributed by atoms with E-state index in [9.17, 15) is 15.8 Å². The van der Waals surface area contributed by atoms with Crippen LogP contribution < -0.4 is 10.5 Å². The Hall–Kier alpha value is -4.05. The Labute approximate surface area is 188 Å². The van der Waals surface area contributed by atoms with Crippen molar-refractivity contribution in [1.29, 1.82) is 15.8 Å². The molecule has 32 heavy (non-hydrogen) atoms. The first-order valence-electron chi connectivity index (χ1n) is 10.4. The van der Waals surface area contributed by atoms with Crippen molar-refractivity contribution < 1.29 is 4.74 Å². The third kappa shape index (κ3) is 3.40. The zero-order valence-electron chi connectivity index (χ0n) is 17.8. The zero-order chi connectivity index (χ0) is 22.7. The summed E-state index contributed by atoms with van der Waals surface area (Å²) >= 11 is 0. The molecule has 0 spiro atoms. The largest absolute Gasteiger partial charge is 0.497 e. The van der Waals surface area contributed by atoms with Crippen molar-refractivity contribution in [3.63, 3.8) is 0 Å². The van der Waals surface area contributed by atoms with E-state index in [0.29, 0.717) is 19.6 Å². The lowest BCUT2D eigenvalue weighted by Gasteiger charge is -2.45. The second-order valence-electron chi connectivity index (χ2n) is 8.13. The van der Waals surface area contributed by atoms with Gasteiger partial charge in [0.1, 0.15) is 11.8 Å². The lowest BCUT2D eigenvalue weighted by Crippen LogP contribution is -2.47. The molecule has 0 radical (unpaired) electrons. The average molecular weight is 422 g/mol. The number of nitrogens with two attached hydrogens (primary N) is 1. The lowest BCUT2D eigenvalue weighted by atomic mass is 9.58. The third-order valence-corrected chi connectivity index (χ3v) is 6.44. The molecule has 6 nitrogen and oxygen atoms in total.